The Morgan fingerprint density at radius 3 is 3.20 bits per heavy atom. The second-order valence-electron chi connectivity index (χ2n) is 3.39. The molecule has 0 amide bonds. The van der Waals surface area contributed by atoms with E-state index in [2.05, 4.69) is 32.2 Å². The van der Waals surface area contributed by atoms with Gasteiger partial charge in [0.2, 0.25) is 0 Å². The molecule has 15 heavy (non-hydrogen) atoms. The van der Waals surface area contributed by atoms with E-state index in [1.165, 1.54) is 0 Å². The molecule has 0 aliphatic rings. The van der Waals surface area contributed by atoms with Crippen LogP contribution in [0.4, 0.5) is 0 Å². The summed E-state index contributed by atoms with van der Waals surface area (Å²) < 4.78 is 2.06. The number of nitrogens with one attached hydrogen (secondary N) is 1. The van der Waals surface area contributed by atoms with Crippen LogP contribution in [0.1, 0.15) is 18.7 Å². The highest BCUT2D eigenvalue weighted by atomic mass is 32.1. The van der Waals surface area contributed by atoms with Crippen LogP contribution in [0.15, 0.2) is 29.6 Å². The van der Waals surface area contributed by atoms with Gasteiger partial charge in [-0.2, -0.15) is 0 Å². The third-order valence-electron chi connectivity index (χ3n) is 2.27. The quantitative estimate of drug-likeness (QED) is 0.837. The molecule has 1 atom stereocenters. The molecular weight excluding hydrogens is 208 g/mol. The first-order valence-electron chi connectivity index (χ1n) is 4.93. The average Bonchev–Trinajstić information content (AvgIpc) is 2.90. The van der Waals surface area contributed by atoms with E-state index in [-0.39, 0.29) is 0 Å². The number of hydrogen-bond donors (Lipinski definition) is 1. The van der Waals surface area contributed by atoms with Crippen LogP contribution >= 0.6 is 11.3 Å². The maximum atomic E-state index is 4.27. The van der Waals surface area contributed by atoms with Gasteiger partial charge in [-0.05, 0) is 6.92 Å². The lowest BCUT2D eigenvalue weighted by atomic mass is 10.2. The van der Waals surface area contributed by atoms with Crippen molar-refractivity contribution in [3.63, 3.8) is 0 Å². The van der Waals surface area contributed by atoms with Gasteiger partial charge in [-0.15, -0.1) is 11.3 Å². The minimum absolute atomic E-state index is 0.319. The summed E-state index contributed by atoms with van der Waals surface area (Å²) >= 11 is 1.63. The minimum Gasteiger partial charge on any atom is -0.336 e. The molecule has 5 heteroatoms. The maximum absolute atomic E-state index is 4.27. The lowest BCUT2D eigenvalue weighted by molar-refractivity contribution is 0.524. The molecule has 4 nitrogen and oxygen atoms in total. The molecule has 2 aromatic rings. The van der Waals surface area contributed by atoms with E-state index in [1.54, 1.807) is 17.5 Å². The zero-order valence-electron chi connectivity index (χ0n) is 8.63. The van der Waals surface area contributed by atoms with Crippen molar-refractivity contribution in [1.82, 2.24) is 19.9 Å². The first-order valence-corrected chi connectivity index (χ1v) is 5.88. The summed E-state index contributed by atoms with van der Waals surface area (Å²) in [5, 5.41) is 5.50. The van der Waals surface area contributed by atoms with Crippen LogP contribution in [-0.2, 0) is 6.54 Å². The largest absolute Gasteiger partial charge is 0.336 e. The molecule has 0 bridgehead atoms. The molecule has 0 aromatic carbocycles. The van der Waals surface area contributed by atoms with Gasteiger partial charge in [0.05, 0.1) is 17.5 Å². The van der Waals surface area contributed by atoms with Crippen molar-refractivity contribution in [3.05, 3.63) is 35.3 Å². The Kier molecular flexibility index (Phi) is 3.47. The molecule has 0 saturated carbocycles. The van der Waals surface area contributed by atoms with Crippen LogP contribution in [0.3, 0.4) is 0 Å². The summed E-state index contributed by atoms with van der Waals surface area (Å²) in [4.78, 5) is 8.26. The molecular formula is C10H14N4S. The van der Waals surface area contributed by atoms with Crippen molar-refractivity contribution in [2.75, 3.05) is 6.54 Å². The second-order valence-corrected chi connectivity index (χ2v) is 4.11. The highest BCUT2D eigenvalue weighted by molar-refractivity contribution is 7.07. The molecule has 0 aliphatic carbocycles. The van der Waals surface area contributed by atoms with Gasteiger partial charge in [0.1, 0.15) is 0 Å². The van der Waals surface area contributed by atoms with Crippen molar-refractivity contribution < 1.29 is 0 Å². The smallest absolute Gasteiger partial charge is 0.0946 e. The molecule has 0 aliphatic heterocycles. The van der Waals surface area contributed by atoms with Gasteiger partial charge < -0.3 is 9.88 Å². The summed E-state index contributed by atoms with van der Waals surface area (Å²) in [5.74, 6) is 0. The normalized spacial score (nSPS) is 12.9. The van der Waals surface area contributed by atoms with Crippen molar-refractivity contribution in [3.8, 4) is 0 Å². The molecule has 2 rings (SSSR count). The van der Waals surface area contributed by atoms with Gasteiger partial charge in [-0.25, -0.2) is 9.97 Å². The maximum Gasteiger partial charge on any atom is 0.0946 e. The number of rotatable bonds is 5. The predicted octanol–water partition coefficient (Wildman–Crippen LogP) is 1.69. The predicted molar refractivity (Wildman–Crippen MR) is 60.8 cm³/mol. The Balaban J connectivity index is 1.74. The summed E-state index contributed by atoms with van der Waals surface area (Å²) in [6, 6.07) is 0.319. The molecule has 0 fully saturated rings. The third-order valence-corrected chi connectivity index (χ3v) is 2.88. The molecule has 0 spiro atoms. The average molecular weight is 222 g/mol. The highest BCUT2D eigenvalue weighted by Gasteiger charge is 2.05. The van der Waals surface area contributed by atoms with Gasteiger partial charge in [0, 0.05) is 36.9 Å². The standard InChI is InChI=1S/C10H14N4S/c1-9(10-6-15-8-13-10)12-3-5-14-4-2-11-7-14/h2,4,6-9,12H,3,5H2,1H3. The molecule has 1 N–H and O–H groups in total. The second kappa shape index (κ2) is 5.04. The molecule has 2 aromatic heterocycles. The van der Waals surface area contributed by atoms with Gasteiger partial charge in [0.25, 0.3) is 0 Å². The molecule has 2 heterocycles. The van der Waals surface area contributed by atoms with Gasteiger partial charge in [-0.3, -0.25) is 0 Å². The Labute approximate surface area is 93.0 Å². The molecule has 1 unspecified atom stereocenters. The topological polar surface area (TPSA) is 42.7 Å². The third kappa shape index (κ3) is 2.87. The summed E-state index contributed by atoms with van der Waals surface area (Å²) in [5.41, 5.74) is 2.98. The fraction of sp³-hybridized carbons (Fsp3) is 0.400. The van der Waals surface area contributed by atoms with Gasteiger partial charge in [0.15, 0.2) is 0 Å². The Bertz CT molecular complexity index is 368. The zero-order valence-corrected chi connectivity index (χ0v) is 9.44. The van der Waals surface area contributed by atoms with Crippen LogP contribution in [-0.4, -0.2) is 21.1 Å². The van der Waals surface area contributed by atoms with E-state index in [0.29, 0.717) is 6.04 Å². The van der Waals surface area contributed by atoms with E-state index in [1.807, 2.05) is 18.0 Å². The van der Waals surface area contributed by atoms with E-state index < -0.39 is 0 Å². The van der Waals surface area contributed by atoms with E-state index in [0.717, 1.165) is 18.8 Å². The van der Waals surface area contributed by atoms with Crippen LogP contribution < -0.4 is 5.32 Å². The first-order chi connectivity index (χ1) is 7.36. The van der Waals surface area contributed by atoms with E-state index in [9.17, 15) is 0 Å². The van der Waals surface area contributed by atoms with Crippen LogP contribution in [0.2, 0.25) is 0 Å². The van der Waals surface area contributed by atoms with Crippen molar-refractivity contribution in [2.45, 2.75) is 19.5 Å². The van der Waals surface area contributed by atoms with Crippen molar-refractivity contribution >= 4 is 11.3 Å². The summed E-state index contributed by atoms with van der Waals surface area (Å²) in [6.07, 6.45) is 5.59. The lowest BCUT2D eigenvalue weighted by Gasteiger charge is -2.11. The Morgan fingerprint density at radius 1 is 1.60 bits per heavy atom. The fourth-order valence-electron chi connectivity index (χ4n) is 1.37. The SMILES string of the molecule is CC(NCCn1ccnc1)c1cscn1. The first kappa shape index (κ1) is 10.3. The zero-order chi connectivity index (χ0) is 10.5. The van der Waals surface area contributed by atoms with Gasteiger partial charge in [-0.1, -0.05) is 0 Å². The van der Waals surface area contributed by atoms with E-state index in [4.69, 9.17) is 0 Å². The number of nitrogens with zero attached hydrogens (tertiary/aromatic N) is 3. The van der Waals surface area contributed by atoms with Gasteiger partial charge >= 0.3 is 0 Å². The summed E-state index contributed by atoms with van der Waals surface area (Å²) in [6.45, 7) is 3.99. The van der Waals surface area contributed by atoms with Crippen LogP contribution in [0, 0.1) is 0 Å². The monoisotopic (exact) mass is 222 g/mol. The van der Waals surface area contributed by atoms with Crippen LogP contribution in [0.5, 0.6) is 0 Å². The van der Waals surface area contributed by atoms with E-state index >= 15 is 0 Å². The highest BCUT2D eigenvalue weighted by Crippen LogP contribution is 2.11. The molecule has 80 valence electrons. The number of aromatic nitrogens is 3. The fourth-order valence-corrected chi connectivity index (χ4v) is 2.02. The van der Waals surface area contributed by atoms with Crippen molar-refractivity contribution in [2.24, 2.45) is 0 Å². The Morgan fingerprint density at radius 2 is 2.53 bits per heavy atom. The minimum atomic E-state index is 0.319. The Hall–Kier alpha value is -1.20. The number of thiazole rings is 1. The number of hydrogen-bond acceptors (Lipinski definition) is 4. The number of imidazole rings is 1. The lowest BCUT2D eigenvalue weighted by Crippen LogP contribution is -2.23. The molecule has 0 saturated heterocycles. The van der Waals surface area contributed by atoms with Crippen molar-refractivity contribution in [1.29, 1.82) is 0 Å². The summed E-state index contributed by atoms with van der Waals surface area (Å²) in [7, 11) is 0. The van der Waals surface area contributed by atoms with Crippen LogP contribution in [0.25, 0.3) is 0 Å². The molecule has 0 radical (unpaired) electrons.